The number of aromatic nitrogens is 1. The van der Waals surface area contributed by atoms with Gasteiger partial charge in [-0.25, -0.2) is 0 Å². The molecule has 4 nitrogen and oxygen atoms in total. The molecule has 1 aromatic rings. The number of nitrogens with two attached hydrogens (primary N) is 1. The second-order valence-corrected chi connectivity index (χ2v) is 5.46. The van der Waals surface area contributed by atoms with E-state index < -0.39 is 0 Å². The number of hydrogen-bond donors (Lipinski definition) is 2. The number of nitrogens with zero attached hydrogens (tertiary/aromatic N) is 1. The molecule has 1 heterocycles. The molecule has 0 bridgehead atoms. The molecule has 0 aliphatic carbocycles. The standard InChI is InChI=1S/C16H29N3O/c1-5-6-7-8-9-14(19-17)10-15-13(3)16(20-4)12(2)11-18-15/h11,14,19H,5-10,17H2,1-4H3. The van der Waals surface area contributed by atoms with E-state index in [0.717, 1.165) is 35.4 Å². The van der Waals surface area contributed by atoms with E-state index >= 15 is 0 Å². The molecular formula is C16H29N3O. The predicted octanol–water partition coefficient (Wildman–Crippen LogP) is 3.05. The van der Waals surface area contributed by atoms with Crippen molar-refractivity contribution in [1.29, 1.82) is 0 Å². The van der Waals surface area contributed by atoms with Crippen molar-refractivity contribution in [2.24, 2.45) is 5.84 Å². The van der Waals surface area contributed by atoms with Crippen LogP contribution >= 0.6 is 0 Å². The second kappa shape index (κ2) is 8.93. The van der Waals surface area contributed by atoms with Crippen molar-refractivity contribution in [1.82, 2.24) is 10.4 Å². The summed E-state index contributed by atoms with van der Waals surface area (Å²) in [4.78, 5) is 4.54. The molecule has 0 aliphatic rings. The minimum atomic E-state index is 0.283. The molecule has 1 aromatic heterocycles. The molecule has 1 atom stereocenters. The first-order chi connectivity index (χ1) is 9.63. The fraction of sp³-hybridized carbons (Fsp3) is 0.688. The van der Waals surface area contributed by atoms with Crippen LogP contribution in [0.5, 0.6) is 5.75 Å². The summed E-state index contributed by atoms with van der Waals surface area (Å²) in [6.07, 6.45) is 8.87. The van der Waals surface area contributed by atoms with E-state index in [-0.39, 0.29) is 6.04 Å². The van der Waals surface area contributed by atoms with Gasteiger partial charge in [-0.3, -0.25) is 16.3 Å². The van der Waals surface area contributed by atoms with Crippen molar-refractivity contribution < 1.29 is 4.74 Å². The van der Waals surface area contributed by atoms with Gasteiger partial charge in [0.1, 0.15) is 5.75 Å². The van der Waals surface area contributed by atoms with Crippen LogP contribution in [0.4, 0.5) is 0 Å². The smallest absolute Gasteiger partial charge is 0.128 e. The van der Waals surface area contributed by atoms with Crippen molar-refractivity contribution in [3.63, 3.8) is 0 Å². The van der Waals surface area contributed by atoms with Crippen molar-refractivity contribution in [2.75, 3.05) is 7.11 Å². The first-order valence-corrected chi connectivity index (χ1v) is 7.59. The summed E-state index contributed by atoms with van der Waals surface area (Å²) in [6, 6.07) is 0.283. The summed E-state index contributed by atoms with van der Waals surface area (Å²) < 4.78 is 5.45. The Labute approximate surface area is 123 Å². The SMILES string of the molecule is CCCCCCC(Cc1ncc(C)c(OC)c1C)NN. The summed E-state index contributed by atoms with van der Waals surface area (Å²) in [6.45, 7) is 6.31. The number of methoxy groups -OCH3 is 1. The lowest BCUT2D eigenvalue weighted by molar-refractivity contribution is 0.405. The fourth-order valence-corrected chi connectivity index (χ4v) is 2.57. The van der Waals surface area contributed by atoms with Crippen LogP contribution in [0.2, 0.25) is 0 Å². The normalized spacial score (nSPS) is 12.4. The number of unbranched alkanes of at least 4 members (excludes halogenated alkanes) is 3. The maximum Gasteiger partial charge on any atom is 0.128 e. The highest BCUT2D eigenvalue weighted by molar-refractivity contribution is 5.41. The number of aryl methyl sites for hydroxylation is 1. The van der Waals surface area contributed by atoms with E-state index in [9.17, 15) is 0 Å². The van der Waals surface area contributed by atoms with Crippen molar-refractivity contribution in [3.05, 3.63) is 23.0 Å². The van der Waals surface area contributed by atoms with Gasteiger partial charge in [-0.15, -0.1) is 0 Å². The Morgan fingerprint density at radius 2 is 2.05 bits per heavy atom. The number of hydrazine groups is 1. The Morgan fingerprint density at radius 1 is 1.30 bits per heavy atom. The summed E-state index contributed by atoms with van der Waals surface area (Å²) >= 11 is 0. The molecule has 1 rings (SSSR count). The molecule has 0 amide bonds. The topological polar surface area (TPSA) is 60.2 Å². The molecule has 20 heavy (non-hydrogen) atoms. The van der Waals surface area contributed by atoms with Gasteiger partial charge in [-0.05, 0) is 20.3 Å². The molecular weight excluding hydrogens is 250 g/mol. The van der Waals surface area contributed by atoms with Gasteiger partial charge in [-0.2, -0.15) is 0 Å². The van der Waals surface area contributed by atoms with E-state index in [1.807, 2.05) is 13.1 Å². The summed E-state index contributed by atoms with van der Waals surface area (Å²) in [5, 5.41) is 0. The monoisotopic (exact) mass is 279 g/mol. The van der Waals surface area contributed by atoms with Gasteiger partial charge in [0.15, 0.2) is 0 Å². The largest absolute Gasteiger partial charge is 0.496 e. The average molecular weight is 279 g/mol. The van der Waals surface area contributed by atoms with Gasteiger partial charge >= 0.3 is 0 Å². The number of ether oxygens (including phenoxy) is 1. The lowest BCUT2D eigenvalue weighted by Gasteiger charge is -2.18. The molecule has 4 heteroatoms. The predicted molar refractivity (Wildman–Crippen MR) is 83.8 cm³/mol. The minimum absolute atomic E-state index is 0.283. The lowest BCUT2D eigenvalue weighted by Crippen LogP contribution is -2.37. The zero-order chi connectivity index (χ0) is 15.0. The maximum absolute atomic E-state index is 5.68. The molecule has 0 aromatic carbocycles. The minimum Gasteiger partial charge on any atom is -0.496 e. The number of nitrogens with one attached hydrogen (secondary N) is 1. The highest BCUT2D eigenvalue weighted by Gasteiger charge is 2.14. The van der Waals surface area contributed by atoms with E-state index in [1.165, 1.54) is 25.7 Å². The van der Waals surface area contributed by atoms with Gasteiger partial charge in [0.05, 0.1) is 7.11 Å². The first kappa shape index (κ1) is 16.9. The van der Waals surface area contributed by atoms with E-state index in [4.69, 9.17) is 10.6 Å². The van der Waals surface area contributed by atoms with Crippen LogP contribution < -0.4 is 16.0 Å². The zero-order valence-electron chi connectivity index (χ0n) is 13.3. The van der Waals surface area contributed by atoms with Crippen molar-refractivity contribution in [2.45, 2.75) is 65.3 Å². The van der Waals surface area contributed by atoms with Crippen LogP contribution in [0.25, 0.3) is 0 Å². The van der Waals surface area contributed by atoms with Crippen LogP contribution in [-0.2, 0) is 6.42 Å². The first-order valence-electron chi connectivity index (χ1n) is 7.59. The molecule has 0 saturated heterocycles. The third-order valence-corrected chi connectivity index (χ3v) is 3.83. The van der Waals surface area contributed by atoms with Crippen molar-refractivity contribution >= 4 is 0 Å². The average Bonchev–Trinajstić information content (AvgIpc) is 2.45. The van der Waals surface area contributed by atoms with Gasteiger partial charge in [-0.1, -0.05) is 32.6 Å². The molecule has 3 N–H and O–H groups in total. The van der Waals surface area contributed by atoms with Gasteiger partial charge in [0.25, 0.3) is 0 Å². The third-order valence-electron chi connectivity index (χ3n) is 3.83. The molecule has 0 spiro atoms. The Balaban J connectivity index is 2.65. The Morgan fingerprint density at radius 3 is 2.65 bits per heavy atom. The highest BCUT2D eigenvalue weighted by Crippen LogP contribution is 2.25. The molecule has 0 radical (unpaired) electrons. The van der Waals surface area contributed by atoms with Gasteiger partial charge in [0.2, 0.25) is 0 Å². The van der Waals surface area contributed by atoms with E-state index in [2.05, 4.69) is 24.3 Å². The quantitative estimate of drug-likeness (QED) is 0.414. The molecule has 114 valence electrons. The maximum atomic E-state index is 5.68. The van der Waals surface area contributed by atoms with Crippen molar-refractivity contribution in [3.8, 4) is 5.75 Å². The Hall–Kier alpha value is -1.13. The van der Waals surface area contributed by atoms with Crippen LogP contribution in [0.15, 0.2) is 6.20 Å². The third kappa shape index (κ3) is 4.76. The van der Waals surface area contributed by atoms with E-state index in [0.29, 0.717) is 0 Å². The summed E-state index contributed by atoms with van der Waals surface area (Å²) in [5.41, 5.74) is 6.20. The fourth-order valence-electron chi connectivity index (χ4n) is 2.57. The van der Waals surface area contributed by atoms with Crippen LogP contribution in [0.3, 0.4) is 0 Å². The lowest BCUT2D eigenvalue weighted by atomic mass is 10.00. The van der Waals surface area contributed by atoms with E-state index in [1.54, 1.807) is 7.11 Å². The Bertz CT molecular complexity index is 407. The summed E-state index contributed by atoms with van der Waals surface area (Å²) in [5.74, 6) is 6.62. The number of pyridine rings is 1. The molecule has 0 aliphatic heterocycles. The van der Waals surface area contributed by atoms with Gasteiger partial charge in [0, 0.05) is 35.5 Å². The molecule has 1 unspecified atom stereocenters. The molecule has 0 saturated carbocycles. The second-order valence-electron chi connectivity index (χ2n) is 5.46. The number of hydrogen-bond acceptors (Lipinski definition) is 4. The van der Waals surface area contributed by atoms with Crippen LogP contribution in [-0.4, -0.2) is 18.1 Å². The number of rotatable bonds is 9. The van der Waals surface area contributed by atoms with Gasteiger partial charge < -0.3 is 4.74 Å². The summed E-state index contributed by atoms with van der Waals surface area (Å²) in [7, 11) is 1.71. The molecule has 0 fully saturated rings. The highest BCUT2D eigenvalue weighted by atomic mass is 16.5. The van der Waals surface area contributed by atoms with Crippen LogP contribution in [0, 0.1) is 13.8 Å². The Kier molecular flexibility index (Phi) is 7.55. The zero-order valence-corrected chi connectivity index (χ0v) is 13.3. The van der Waals surface area contributed by atoms with Crippen LogP contribution in [0.1, 0.15) is 55.8 Å².